The molecule has 0 amide bonds. The highest BCUT2D eigenvalue weighted by atomic mass is 16.4. The van der Waals surface area contributed by atoms with Gasteiger partial charge in [0.15, 0.2) is 5.65 Å². The Morgan fingerprint density at radius 2 is 1.90 bits per heavy atom. The van der Waals surface area contributed by atoms with Crippen LogP contribution in [0, 0.1) is 13.8 Å². The Morgan fingerprint density at radius 3 is 2.55 bits per heavy atom. The van der Waals surface area contributed by atoms with Crippen LogP contribution in [-0.4, -0.2) is 25.7 Å². The van der Waals surface area contributed by atoms with Crippen molar-refractivity contribution in [2.75, 3.05) is 0 Å². The Bertz CT molecular complexity index is 804. The van der Waals surface area contributed by atoms with Gasteiger partial charge in [-0.3, -0.25) is 0 Å². The molecule has 20 heavy (non-hydrogen) atoms. The molecule has 3 rings (SSSR count). The van der Waals surface area contributed by atoms with Crippen LogP contribution in [0.15, 0.2) is 36.5 Å². The molecule has 0 aliphatic carbocycles. The zero-order valence-electron chi connectivity index (χ0n) is 11.2. The number of benzene rings is 1. The highest BCUT2D eigenvalue weighted by molar-refractivity contribution is 5.94. The molecule has 0 radical (unpaired) electrons. The molecule has 0 aliphatic rings. The number of carboxylic acid groups (broad SMARTS) is 1. The van der Waals surface area contributed by atoms with Crippen molar-refractivity contribution < 1.29 is 9.90 Å². The van der Waals surface area contributed by atoms with Gasteiger partial charge in [-0.15, -0.1) is 0 Å². The molecule has 0 bridgehead atoms. The van der Waals surface area contributed by atoms with Gasteiger partial charge in [0, 0.05) is 11.3 Å². The lowest BCUT2D eigenvalue weighted by Crippen LogP contribution is -2.01. The smallest absolute Gasteiger partial charge is 0.341 e. The average molecular weight is 267 g/mol. The average Bonchev–Trinajstić information content (AvgIpc) is 2.82. The van der Waals surface area contributed by atoms with E-state index in [1.54, 1.807) is 4.52 Å². The van der Waals surface area contributed by atoms with E-state index in [0.717, 1.165) is 17.0 Å². The van der Waals surface area contributed by atoms with Crippen LogP contribution in [0.5, 0.6) is 0 Å². The van der Waals surface area contributed by atoms with Gasteiger partial charge in [-0.2, -0.15) is 5.10 Å². The topological polar surface area (TPSA) is 67.5 Å². The van der Waals surface area contributed by atoms with Crippen molar-refractivity contribution in [3.05, 3.63) is 53.3 Å². The molecule has 0 aliphatic heterocycles. The predicted molar refractivity (Wildman–Crippen MR) is 74.9 cm³/mol. The van der Waals surface area contributed by atoms with E-state index < -0.39 is 5.97 Å². The van der Waals surface area contributed by atoms with Gasteiger partial charge in [0.1, 0.15) is 5.56 Å². The van der Waals surface area contributed by atoms with Gasteiger partial charge in [0.2, 0.25) is 0 Å². The van der Waals surface area contributed by atoms with Crippen LogP contribution < -0.4 is 0 Å². The van der Waals surface area contributed by atoms with Crippen molar-refractivity contribution in [2.24, 2.45) is 0 Å². The number of aryl methyl sites for hydroxylation is 2. The molecule has 0 fully saturated rings. The second kappa shape index (κ2) is 4.45. The fourth-order valence-corrected chi connectivity index (χ4v) is 2.16. The molecule has 0 spiro atoms. The lowest BCUT2D eigenvalue weighted by atomic mass is 10.1. The monoisotopic (exact) mass is 267 g/mol. The summed E-state index contributed by atoms with van der Waals surface area (Å²) >= 11 is 0. The van der Waals surface area contributed by atoms with Crippen molar-refractivity contribution >= 4 is 11.6 Å². The van der Waals surface area contributed by atoms with E-state index in [2.05, 4.69) is 10.1 Å². The summed E-state index contributed by atoms with van der Waals surface area (Å²) in [6.07, 6.45) is 1.34. The number of nitrogens with zero attached hydrogens (tertiary/aromatic N) is 3. The maximum atomic E-state index is 11.2. The molecule has 0 saturated heterocycles. The standard InChI is InChI=1S/C15H13N3O2/c1-9-3-5-11(6-4-9)13-7-10(2)17-14-12(15(19)20)8-16-18(13)14/h3-8H,1-2H3,(H,19,20). The Hall–Kier alpha value is -2.69. The Morgan fingerprint density at radius 1 is 1.20 bits per heavy atom. The molecule has 2 aromatic heterocycles. The maximum absolute atomic E-state index is 11.2. The number of carboxylic acids is 1. The van der Waals surface area contributed by atoms with Gasteiger partial charge in [-0.25, -0.2) is 14.3 Å². The summed E-state index contributed by atoms with van der Waals surface area (Å²) in [4.78, 5) is 15.5. The van der Waals surface area contributed by atoms with Crippen molar-refractivity contribution in [1.82, 2.24) is 14.6 Å². The van der Waals surface area contributed by atoms with Crippen molar-refractivity contribution in [3.8, 4) is 11.3 Å². The molecular formula is C15H13N3O2. The largest absolute Gasteiger partial charge is 0.477 e. The molecular weight excluding hydrogens is 254 g/mol. The molecule has 3 aromatic rings. The van der Waals surface area contributed by atoms with Crippen LogP contribution in [-0.2, 0) is 0 Å². The number of rotatable bonds is 2. The number of hydrogen-bond donors (Lipinski definition) is 1. The molecule has 5 nitrogen and oxygen atoms in total. The van der Waals surface area contributed by atoms with E-state index in [0.29, 0.717) is 5.65 Å². The van der Waals surface area contributed by atoms with Crippen LogP contribution in [0.4, 0.5) is 0 Å². The van der Waals surface area contributed by atoms with Crippen LogP contribution >= 0.6 is 0 Å². The van der Waals surface area contributed by atoms with Crippen molar-refractivity contribution in [3.63, 3.8) is 0 Å². The minimum atomic E-state index is -1.02. The summed E-state index contributed by atoms with van der Waals surface area (Å²) < 4.78 is 1.57. The minimum absolute atomic E-state index is 0.113. The van der Waals surface area contributed by atoms with E-state index >= 15 is 0 Å². The van der Waals surface area contributed by atoms with Gasteiger partial charge in [-0.05, 0) is 19.9 Å². The SMILES string of the molecule is Cc1ccc(-c2cc(C)nc3c(C(=O)O)cnn23)cc1. The highest BCUT2D eigenvalue weighted by Gasteiger charge is 2.16. The van der Waals surface area contributed by atoms with Gasteiger partial charge in [-0.1, -0.05) is 29.8 Å². The zero-order valence-corrected chi connectivity index (χ0v) is 11.2. The number of aromatic nitrogens is 3. The third kappa shape index (κ3) is 1.93. The molecule has 5 heteroatoms. The minimum Gasteiger partial charge on any atom is -0.477 e. The van der Waals surface area contributed by atoms with Gasteiger partial charge >= 0.3 is 5.97 Å². The van der Waals surface area contributed by atoms with Crippen LogP contribution in [0.2, 0.25) is 0 Å². The third-order valence-corrected chi connectivity index (χ3v) is 3.18. The second-order valence-electron chi connectivity index (χ2n) is 4.75. The fourth-order valence-electron chi connectivity index (χ4n) is 2.16. The summed E-state index contributed by atoms with van der Waals surface area (Å²) in [5, 5.41) is 13.3. The van der Waals surface area contributed by atoms with E-state index in [1.807, 2.05) is 44.2 Å². The van der Waals surface area contributed by atoms with Gasteiger partial charge < -0.3 is 5.11 Å². The summed E-state index contributed by atoms with van der Waals surface area (Å²) in [6, 6.07) is 9.91. The lowest BCUT2D eigenvalue weighted by Gasteiger charge is -2.07. The number of fused-ring (bicyclic) bond motifs is 1. The first-order chi connectivity index (χ1) is 9.56. The first-order valence-electron chi connectivity index (χ1n) is 6.22. The first kappa shape index (κ1) is 12.3. The second-order valence-corrected chi connectivity index (χ2v) is 4.75. The van der Waals surface area contributed by atoms with Crippen molar-refractivity contribution in [2.45, 2.75) is 13.8 Å². The summed E-state index contributed by atoms with van der Waals surface area (Å²) in [7, 11) is 0. The lowest BCUT2D eigenvalue weighted by molar-refractivity contribution is 0.0699. The third-order valence-electron chi connectivity index (χ3n) is 3.18. The molecule has 1 N–H and O–H groups in total. The van der Waals surface area contributed by atoms with E-state index in [9.17, 15) is 4.79 Å². The van der Waals surface area contributed by atoms with Gasteiger partial charge in [0.05, 0.1) is 11.9 Å². The normalized spacial score (nSPS) is 10.9. The van der Waals surface area contributed by atoms with Crippen molar-refractivity contribution in [1.29, 1.82) is 0 Å². The van der Waals surface area contributed by atoms with E-state index in [4.69, 9.17) is 5.11 Å². The number of hydrogen-bond acceptors (Lipinski definition) is 3. The first-order valence-corrected chi connectivity index (χ1v) is 6.22. The molecule has 2 heterocycles. The molecule has 0 saturated carbocycles. The summed E-state index contributed by atoms with van der Waals surface area (Å²) in [6.45, 7) is 3.87. The van der Waals surface area contributed by atoms with E-state index in [1.165, 1.54) is 11.8 Å². The number of aromatic carboxylic acids is 1. The van der Waals surface area contributed by atoms with Crippen LogP contribution in [0.3, 0.4) is 0 Å². The highest BCUT2D eigenvalue weighted by Crippen LogP contribution is 2.22. The quantitative estimate of drug-likeness (QED) is 0.775. The molecule has 0 unspecified atom stereocenters. The Balaban J connectivity index is 2.30. The Kier molecular flexibility index (Phi) is 2.75. The summed E-state index contributed by atoms with van der Waals surface area (Å²) in [5.74, 6) is -1.02. The molecule has 100 valence electrons. The summed E-state index contributed by atoms with van der Waals surface area (Å²) in [5.41, 5.74) is 4.22. The fraction of sp³-hybridized carbons (Fsp3) is 0.133. The molecule has 0 atom stereocenters. The number of carbonyl (C=O) groups is 1. The van der Waals surface area contributed by atoms with Crippen LogP contribution in [0.25, 0.3) is 16.9 Å². The Labute approximate surface area is 115 Å². The maximum Gasteiger partial charge on any atom is 0.341 e. The van der Waals surface area contributed by atoms with Gasteiger partial charge in [0.25, 0.3) is 0 Å². The molecule has 1 aromatic carbocycles. The van der Waals surface area contributed by atoms with Crippen LogP contribution in [0.1, 0.15) is 21.6 Å². The zero-order chi connectivity index (χ0) is 14.3. The van der Waals surface area contributed by atoms with E-state index in [-0.39, 0.29) is 5.56 Å². The predicted octanol–water partition coefficient (Wildman–Crippen LogP) is 2.71.